The molecule has 1 N–H and O–H groups in total. The van der Waals surface area contributed by atoms with E-state index in [1.165, 1.54) is 5.69 Å². The topological polar surface area (TPSA) is 12.0 Å². The molecule has 0 saturated carbocycles. The molecule has 0 unspecified atom stereocenters. The molecule has 12 heavy (non-hydrogen) atoms. The van der Waals surface area contributed by atoms with Crippen LogP contribution in [0.4, 0.5) is 5.69 Å². The second kappa shape index (κ2) is 5.60. The summed E-state index contributed by atoms with van der Waals surface area (Å²) < 4.78 is 0. The number of allylic oxidation sites excluding steroid dienone is 1. The first-order valence-electron chi connectivity index (χ1n) is 4.15. The van der Waals surface area contributed by atoms with Crippen LogP contribution in [0.1, 0.15) is 13.3 Å². The van der Waals surface area contributed by atoms with E-state index in [0.29, 0.717) is 9.68 Å². The third-order valence-corrected chi connectivity index (χ3v) is 2.26. The van der Waals surface area contributed by atoms with Crippen LogP contribution in [0.2, 0.25) is 0 Å². The molecule has 1 aromatic carbocycles. The van der Waals surface area contributed by atoms with Gasteiger partial charge in [0.15, 0.2) is 0 Å². The zero-order valence-electron chi connectivity index (χ0n) is 7.25. The summed E-state index contributed by atoms with van der Waals surface area (Å²) in [7, 11) is 0.686. The van der Waals surface area contributed by atoms with Gasteiger partial charge in [0.05, 0.1) is 0 Å². The highest BCUT2D eigenvalue weighted by Crippen LogP contribution is 2.02. The maximum Gasteiger partial charge on any atom is 0.210 e. The lowest BCUT2D eigenvalue weighted by Gasteiger charge is -1.99. The summed E-state index contributed by atoms with van der Waals surface area (Å²) in [6, 6.07) is 10.3. The molecule has 2 heteroatoms. The van der Waals surface area contributed by atoms with Gasteiger partial charge >= 0.3 is 0 Å². The van der Waals surface area contributed by atoms with E-state index < -0.39 is 0 Å². The summed E-state index contributed by atoms with van der Waals surface area (Å²) in [6.45, 7) is 2.14. The minimum atomic E-state index is 0.686. The van der Waals surface area contributed by atoms with Crippen LogP contribution in [0.15, 0.2) is 42.1 Å². The predicted molar refractivity (Wildman–Crippen MR) is 55.2 cm³/mol. The molecule has 2 radical (unpaired) electrons. The fourth-order valence-electron chi connectivity index (χ4n) is 0.823. The highest BCUT2D eigenvalue weighted by Gasteiger charge is 1.85. The minimum absolute atomic E-state index is 0.686. The second-order valence-corrected chi connectivity index (χ2v) is 3.32. The van der Waals surface area contributed by atoms with Crippen LogP contribution in [-0.2, 0) is 0 Å². The van der Waals surface area contributed by atoms with Gasteiger partial charge < -0.3 is 4.98 Å². The molecule has 1 aromatic rings. The van der Waals surface area contributed by atoms with Crippen molar-refractivity contribution in [1.29, 1.82) is 0 Å². The lowest BCUT2D eigenvalue weighted by Crippen LogP contribution is -2.01. The second-order valence-electron chi connectivity index (χ2n) is 2.45. The van der Waals surface area contributed by atoms with Gasteiger partial charge in [-0.25, -0.2) is 0 Å². The van der Waals surface area contributed by atoms with Crippen molar-refractivity contribution in [3.8, 4) is 0 Å². The Morgan fingerprint density at radius 1 is 1.33 bits per heavy atom. The average molecular weight is 175 g/mol. The van der Waals surface area contributed by atoms with E-state index >= 15 is 0 Å². The van der Waals surface area contributed by atoms with Crippen molar-refractivity contribution in [2.45, 2.75) is 13.3 Å². The molecule has 0 aliphatic rings. The minimum Gasteiger partial charge on any atom is -0.408 e. The summed E-state index contributed by atoms with van der Waals surface area (Å²) in [6.07, 6.45) is 3.29. The smallest absolute Gasteiger partial charge is 0.210 e. The first-order valence-corrected chi connectivity index (χ1v) is 5.23. The molecule has 1 rings (SSSR count). The molecule has 0 heterocycles. The van der Waals surface area contributed by atoms with Crippen molar-refractivity contribution in [1.82, 2.24) is 0 Å². The molecule has 0 amide bonds. The number of benzene rings is 1. The summed E-state index contributed by atoms with van der Waals surface area (Å²) in [5.41, 5.74) is 3.36. The molecule has 0 aliphatic carbocycles. The van der Waals surface area contributed by atoms with Crippen molar-refractivity contribution >= 4 is 15.4 Å². The Morgan fingerprint density at radius 2 is 2.08 bits per heavy atom. The standard InChI is InChI=1S/C10H13NSi/c1-2-3-9-12-11-10-7-5-4-6-8-10/h3-9,11H,2H2,1H3. The van der Waals surface area contributed by atoms with E-state index in [-0.39, 0.29) is 0 Å². The molecule has 0 aliphatic heterocycles. The molecule has 0 bridgehead atoms. The summed E-state index contributed by atoms with van der Waals surface area (Å²) in [5.74, 6) is 0. The van der Waals surface area contributed by atoms with Gasteiger partial charge in [0, 0.05) is 5.69 Å². The van der Waals surface area contributed by atoms with Gasteiger partial charge in [-0.2, -0.15) is 0 Å². The maximum atomic E-state index is 3.32. The van der Waals surface area contributed by atoms with E-state index in [1.807, 2.05) is 18.2 Å². The van der Waals surface area contributed by atoms with Gasteiger partial charge in [0.1, 0.15) is 0 Å². The zero-order chi connectivity index (χ0) is 8.65. The van der Waals surface area contributed by atoms with E-state index in [1.54, 1.807) is 0 Å². The molecule has 1 nitrogen and oxygen atoms in total. The maximum absolute atomic E-state index is 3.32. The first-order chi connectivity index (χ1) is 5.93. The normalized spacial score (nSPS) is 10.4. The zero-order valence-corrected chi connectivity index (χ0v) is 8.25. The van der Waals surface area contributed by atoms with Crippen molar-refractivity contribution in [3.05, 3.63) is 42.1 Å². The Hall–Kier alpha value is -1.02. The molecule has 0 saturated heterocycles. The molecule has 62 valence electrons. The van der Waals surface area contributed by atoms with Gasteiger partial charge in [0.25, 0.3) is 0 Å². The van der Waals surface area contributed by atoms with Gasteiger partial charge in [-0.1, -0.05) is 36.9 Å². The van der Waals surface area contributed by atoms with Gasteiger partial charge in [-0.3, -0.25) is 0 Å². The van der Waals surface area contributed by atoms with E-state index in [0.717, 1.165) is 6.42 Å². The average Bonchev–Trinajstić information content (AvgIpc) is 2.14. The summed E-state index contributed by atoms with van der Waals surface area (Å²) in [5, 5.41) is 0. The Bertz CT molecular complexity index is 231. The van der Waals surface area contributed by atoms with E-state index in [9.17, 15) is 0 Å². The highest BCUT2D eigenvalue weighted by atomic mass is 28.2. The number of nitrogens with one attached hydrogen (secondary N) is 1. The van der Waals surface area contributed by atoms with Crippen molar-refractivity contribution in [2.75, 3.05) is 4.98 Å². The number of anilines is 1. The van der Waals surface area contributed by atoms with Crippen LogP contribution in [0.25, 0.3) is 0 Å². The quantitative estimate of drug-likeness (QED) is 0.694. The largest absolute Gasteiger partial charge is 0.408 e. The third kappa shape index (κ3) is 3.39. The lowest BCUT2D eigenvalue weighted by atomic mass is 10.3. The molecular formula is C10H13NSi. The Kier molecular flexibility index (Phi) is 4.24. The number of hydrogen-bond donors (Lipinski definition) is 1. The van der Waals surface area contributed by atoms with Gasteiger partial charge in [-0.05, 0) is 18.6 Å². The third-order valence-electron chi connectivity index (χ3n) is 1.43. The monoisotopic (exact) mass is 175 g/mol. The van der Waals surface area contributed by atoms with Crippen molar-refractivity contribution < 1.29 is 0 Å². The number of para-hydroxylation sites is 1. The lowest BCUT2D eigenvalue weighted by molar-refractivity contribution is 1.23. The molecular weight excluding hydrogens is 162 g/mol. The molecule has 0 aromatic heterocycles. The van der Waals surface area contributed by atoms with Crippen molar-refractivity contribution in [3.63, 3.8) is 0 Å². The number of hydrogen-bond acceptors (Lipinski definition) is 1. The molecule has 0 fully saturated rings. The van der Waals surface area contributed by atoms with E-state index in [4.69, 9.17) is 0 Å². The summed E-state index contributed by atoms with van der Waals surface area (Å²) in [4.78, 5) is 3.32. The Labute approximate surface area is 76.4 Å². The molecule has 0 atom stereocenters. The SMILES string of the molecule is CCC=C[Si]Nc1ccccc1. The fourth-order valence-corrected chi connectivity index (χ4v) is 1.59. The van der Waals surface area contributed by atoms with Gasteiger partial charge in [-0.15, -0.1) is 0 Å². The first kappa shape index (κ1) is 9.07. The predicted octanol–water partition coefficient (Wildman–Crippen LogP) is 2.64. The van der Waals surface area contributed by atoms with E-state index in [2.05, 4.69) is 35.8 Å². The number of rotatable bonds is 4. The Balaban J connectivity index is 2.29. The molecule has 0 spiro atoms. The van der Waals surface area contributed by atoms with Crippen LogP contribution >= 0.6 is 0 Å². The Morgan fingerprint density at radius 3 is 2.75 bits per heavy atom. The highest BCUT2D eigenvalue weighted by molar-refractivity contribution is 6.46. The fraction of sp³-hybridized carbons (Fsp3) is 0.200. The van der Waals surface area contributed by atoms with Crippen LogP contribution < -0.4 is 4.98 Å². The van der Waals surface area contributed by atoms with Crippen molar-refractivity contribution in [2.24, 2.45) is 0 Å². The van der Waals surface area contributed by atoms with Gasteiger partial charge in [0.2, 0.25) is 9.68 Å². The van der Waals surface area contributed by atoms with Crippen LogP contribution in [-0.4, -0.2) is 9.68 Å². The van der Waals surface area contributed by atoms with Crippen LogP contribution in [0.3, 0.4) is 0 Å². The van der Waals surface area contributed by atoms with Crippen LogP contribution in [0, 0.1) is 0 Å². The van der Waals surface area contributed by atoms with Crippen LogP contribution in [0.5, 0.6) is 0 Å². The summed E-state index contributed by atoms with van der Waals surface area (Å²) >= 11 is 0.